The summed E-state index contributed by atoms with van der Waals surface area (Å²) in [5.74, 6) is 0.120. The average Bonchev–Trinajstić information content (AvgIpc) is 2.81. The van der Waals surface area contributed by atoms with Crippen molar-refractivity contribution in [3.8, 4) is 5.75 Å². The highest BCUT2D eigenvalue weighted by Crippen LogP contribution is 2.27. The van der Waals surface area contributed by atoms with Crippen LogP contribution in [0.3, 0.4) is 0 Å². The molecule has 0 unspecified atom stereocenters. The van der Waals surface area contributed by atoms with Gasteiger partial charge in [-0.15, -0.1) is 13.2 Å². The van der Waals surface area contributed by atoms with Crippen LogP contribution in [0.1, 0.15) is 0 Å². The largest absolute Gasteiger partial charge is 0.573 e. The van der Waals surface area contributed by atoms with Crippen LogP contribution in [0.5, 0.6) is 5.75 Å². The Bertz CT molecular complexity index is 769. The van der Waals surface area contributed by atoms with Crippen LogP contribution in [0, 0.1) is 0 Å². The summed E-state index contributed by atoms with van der Waals surface area (Å²) in [6.45, 7) is 0. The number of fused-ring (bicyclic) bond motifs is 1. The van der Waals surface area contributed by atoms with Gasteiger partial charge >= 0.3 is 6.36 Å². The Morgan fingerprint density at radius 2 is 2.00 bits per heavy atom. The maximum atomic E-state index is 12.2. The number of benzene rings is 1. The Morgan fingerprint density at radius 3 is 2.81 bits per heavy atom. The summed E-state index contributed by atoms with van der Waals surface area (Å²) in [5, 5.41) is 9.71. The maximum Gasteiger partial charge on any atom is 0.573 e. The van der Waals surface area contributed by atoms with E-state index in [0.29, 0.717) is 17.0 Å². The standard InChI is InChI=1S/C13H9F3N4O/c14-13(15,16)21-9-4-1-3-8(7-9)18-12-11-10(19-20-12)5-2-6-17-11/h1-7H,(H2,18,19,20). The summed E-state index contributed by atoms with van der Waals surface area (Å²) in [6.07, 6.45) is -3.12. The van der Waals surface area contributed by atoms with Gasteiger partial charge in [0.25, 0.3) is 0 Å². The molecular weight excluding hydrogens is 285 g/mol. The van der Waals surface area contributed by atoms with Gasteiger partial charge in [-0.1, -0.05) is 6.07 Å². The molecule has 8 heteroatoms. The van der Waals surface area contributed by atoms with E-state index in [9.17, 15) is 13.2 Å². The van der Waals surface area contributed by atoms with Crippen LogP contribution in [-0.4, -0.2) is 21.5 Å². The van der Waals surface area contributed by atoms with Crippen LogP contribution in [-0.2, 0) is 0 Å². The van der Waals surface area contributed by atoms with E-state index >= 15 is 0 Å². The van der Waals surface area contributed by atoms with Gasteiger partial charge in [0.1, 0.15) is 11.3 Å². The molecule has 2 heterocycles. The molecule has 0 saturated carbocycles. The van der Waals surface area contributed by atoms with Crippen molar-refractivity contribution in [2.45, 2.75) is 6.36 Å². The lowest BCUT2D eigenvalue weighted by Crippen LogP contribution is -2.17. The van der Waals surface area contributed by atoms with Crippen molar-refractivity contribution in [2.75, 3.05) is 5.32 Å². The first-order valence-electron chi connectivity index (χ1n) is 5.93. The van der Waals surface area contributed by atoms with Gasteiger partial charge in [-0.2, -0.15) is 5.10 Å². The molecule has 0 aliphatic heterocycles. The topological polar surface area (TPSA) is 62.8 Å². The third kappa shape index (κ3) is 3.04. The van der Waals surface area contributed by atoms with Gasteiger partial charge in [-0.25, -0.2) is 0 Å². The number of nitrogens with zero attached hydrogens (tertiary/aromatic N) is 2. The number of ether oxygens (including phenoxy) is 1. The Hall–Kier alpha value is -2.77. The molecule has 0 aliphatic carbocycles. The summed E-state index contributed by atoms with van der Waals surface area (Å²) in [6, 6.07) is 9.06. The summed E-state index contributed by atoms with van der Waals surface area (Å²) in [5.41, 5.74) is 1.73. The van der Waals surface area contributed by atoms with E-state index in [0.717, 1.165) is 5.52 Å². The second-order valence-corrected chi connectivity index (χ2v) is 4.17. The predicted octanol–water partition coefficient (Wildman–Crippen LogP) is 3.60. The number of H-pyrrole nitrogens is 1. The number of alkyl halides is 3. The summed E-state index contributed by atoms with van der Waals surface area (Å²) in [7, 11) is 0. The zero-order chi connectivity index (χ0) is 14.9. The second-order valence-electron chi connectivity index (χ2n) is 4.17. The van der Waals surface area contributed by atoms with E-state index in [1.165, 1.54) is 18.2 Å². The van der Waals surface area contributed by atoms with Crippen LogP contribution in [0.15, 0.2) is 42.6 Å². The lowest BCUT2D eigenvalue weighted by molar-refractivity contribution is -0.274. The lowest BCUT2D eigenvalue weighted by Gasteiger charge is -2.10. The van der Waals surface area contributed by atoms with Crippen LogP contribution in [0.4, 0.5) is 24.7 Å². The van der Waals surface area contributed by atoms with Crippen molar-refractivity contribution in [1.29, 1.82) is 0 Å². The van der Waals surface area contributed by atoms with E-state index in [1.54, 1.807) is 24.4 Å². The van der Waals surface area contributed by atoms with Gasteiger partial charge in [0.05, 0.1) is 5.52 Å². The molecule has 0 bridgehead atoms. The van der Waals surface area contributed by atoms with E-state index in [4.69, 9.17) is 0 Å². The van der Waals surface area contributed by atoms with Gasteiger partial charge in [-0.05, 0) is 24.3 Å². The minimum absolute atomic E-state index is 0.305. The van der Waals surface area contributed by atoms with Gasteiger partial charge in [-0.3, -0.25) is 10.1 Å². The highest BCUT2D eigenvalue weighted by molar-refractivity contribution is 5.87. The quantitative estimate of drug-likeness (QED) is 0.774. The van der Waals surface area contributed by atoms with Crippen molar-refractivity contribution in [3.05, 3.63) is 42.6 Å². The Balaban J connectivity index is 1.86. The number of aromatic nitrogens is 3. The van der Waals surface area contributed by atoms with Crippen molar-refractivity contribution in [2.24, 2.45) is 0 Å². The number of hydrogen-bond donors (Lipinski definition) is 2. The van der Waals surface area contributed by atoms with E-state index in [1.807, 2.05) is 0 Å². The number of pyridine rings is 1. The first-order valence-corrected chi connectivity index (χ1v) is 5.93. The highest BCUT2D eigenvalue weighted by Gasteiger charge is 2.31. The van der Waals surface area contributed by atoms with E-state index in [-0.39, 0.29) is 5.75 Å². The Morgan fingerprint density at radius 1 is 1.14 bits per heavy atom. The number of halogens is 3. The van der Waals surface area contributed by atoms with Crippen LogP contribution >= 0.6 is 0 Å². The third-order valence-corrected chi connectivity index (χ3v) is 2.65. The zero-order valence-electron chi connectivity index (χ0n) is 10.5. The van der Waals surface area contributed by atoms with Crippen LogP contribution in [0.25, 0.3) is 11.0 Å². The number of hydrogen-bond acceptors (Lipinski definition) is 4. The molecule has 3 aromatic rings. The monoisotopic (exact) mass is 294 g/mol. The second kappa shape index (κ2) is 4.97. The minimum atomic E-state index is -4.72. The molecule has 0 amide bonds. The number of aromatic amines is 1. The fraction of sp³-hybridized carbons (Fsp3) is 0.0769. The average molecular weight is 294 g/mol. The van der Waals surface area contributed by atoms with Gasteiger partial charge in [0.2, 0.25) is 0 Å². The van der Waals surface area contributed by atoms with E-state index in [2.05, 4.69) is 25.2 Å². The van der Waals surface area contributed by atoms with Crippen LogP contribution < -0.4 is 10.1 Å². The Labute approximate surface area is 116 Å². The molecule has 3 rings (SSSR count). The third-order valence-electron chi connectivity index (χ3n) is 2.65. The minimum Gasteiger partial charge on any atom is -0.406 e. The highest BCUT2D eigenvalue weighted by atomic mass is 19.4. The van der Waals surface area contributed by atoms with Crippen molar-refractivity contribution < 1.29 is 17.9 Å². The van der Waals surface area contributed by atoms with Crippen molar-refractivity contribution in [3.63, 3.8) is 0 Å². The predicted molar refractivity (Wildman–Crippen MR) is 70.3 cm³/mol. The lowest BCUT2D eigenvalue weighted by atomic mass is 10.3. The molecule has 108 valence electrons. The molecule has 0 atom stereocenters. The molecular formula is C13H9F3N4O. The maximum absolute atomic E-state index is 12.2. The molecule has 0 radical (unpaired) electrons. The van der Waals surface area contributed by atoms with Crippen molar-refractivity contribution >= 4 is 22.5 Å². The Kier molecular flexibility index (Phi) is 3.13. The number of nitrogens with one attached hydrogen (secondary N) is 2. The molecule has 2 N–H and O–H groups in total. The van der Waals surface area contributed by atoms with E-state index < -0.39 is 6.36 Å². The molecule has 2 aromatic heterocycles. The fourth-order valence-corrected chi connectivity index (χ4v) is 1.85. The molecule has 0 spiro atoms. The summed E-state index contributed by atoms with van der Waals surface area (Å²) < 4.78 is 40.4. The van der Waals surface area contributed by atoms with Crippen molar-refractivity contribution in [1.82, 2.24) is 15.2 Å². The summed E-state index contributed by atoms with van der Waals surface area (Å²) in [4.78, 5) is 4.15. The van der Waals surface area contributed by atoms with Crippen LogP contribution in [0.2, 0.25) is 0 Å². The first-order chi connectivity index (χ1) is 10.0. The van der Waals surface area contributed by atoms with Gasteiger partial charge < -0.3 is 10.1 Å². The molecule has 0 aliphatic rings. The molecule has 21 heavy (non-hydrogen) atoms. The van der Waals surface area contributed by atoms with Gasteiger partial charge in [0, 0.05) is 18.0 Å². The fourth-order valence-electron chi connectivity index (χ4n) is 1.85. The van der Waals surface area contributed by atoms with Gasteiger partial charge in [0.15, 0.2) is 5.82 Å². The molecule has 0 fully saturated rings. The first kappa shape index (κ1) is 13.2. The SMILES string of the molecule is FC(F)(F)Oc1cccc(Nc2n[nH]c3cccnc23)c1. The summed E-state index contributed by atoms with van der Waals surface area (Å²) >= 11 is 0. The molecule has 0 saturated heterocycles. The smallest absolute Gasteiger partial charge is 0.406 e. The molecule has 5 nitrogen and oxygen atoms in total. The number of rotatable bonds is 3. The normalized spacial score (nSPS) is 11.6. The molecule has 1 aromatic carbocycles. The number of anilines is 2. The zero-order valence-corrected chi connectivity index (χ0v) is 10.5.